The molecule has 0 spiro atoms. The summed E-state index contributed by atoms with van der Waals surface area (Å²) in [5.74, 6) is 4.31. The molecule has 0 fully saturated rings. The van der Waals surface area contributed by atoms with Gasteiger partial charge in [-0.15, -0.1) is 0 Å². The summed E-state index contributed by atoms with van der Waals surface area (Å²) in [7, 11) is 1.63. The molecule has 384 valence electrons. The number of phenolic OH excluding ortho intramolecular Hbond substituents is 1. The maximum atomic E-state index is 13.4. The molecule has 0 saturated carbocycles. The predicted molar refractivity (Wildman–Crippen MR) is 293 cm³/mol. The Morgan fingerprint density at radius 2 is 1.12 bits per heavy atom. The van der Waals surface area contributed by atoms with Crippen molar-refractivity contribution < 1.29 is 28.8 Å². The Morgan fingerprint density at radius 1 is 0.603 bits per heavy atom. The van der Waals surface area contributed by atoms with E-state index >= 15 is 0 Å². The molecule has 1 aromatic heterocycles. The van der Waals surface area contributed by atoms with Gasteiger partial charge < -0.3 is 29.4 Å². The molecule has 0 saturated heterocycles. The number of hydrogen-bond donors (Lipinski definition) is 2. The smallest absolute Gasteiger partial charge is 0.262 e. The highest BCUT2D eigenvalue weighted by Crippen LogP contribution is 2.37. The number of aromatic nitrogens is 3. The number of nitriles is 1. The Bertz CT molecular complexity index is 2640. The van der Waals surface area contributed by atoms with Crippen molar-refractivity contribution in [3.8, 4) is 69.0 Å². The van der Waals surface area contributed by atoms with E-state index in [1.54, 1.807) is 19.2 Å². The van der Waals surface area contributed by atoms with Crippen LogP contribution in [0, 0.1) is 23.2 Å². The molecule has 0 aliphatic heterocycles. The van der Waals surface area contributed by atoms with Gasteiger partial charge in [0.15, 0.2) is 17.5 Å². The van der Waals surface area contributed by atoms with E-state index in [4.69, 9.17) is 33.9 Å². The third kappa shape index (κ3) is 16.7. The Morgan fingerprint density at radius 3 is 1.67 bits per heavy atom. The van der Waals surface area contributed by atoms with Crippen LogP contribution in [0.25, 0.3) is 39.7 Å². The van der Waals surface area contributed by atoms with Crippen molar-refractivity contribution in [2.24, 2.45) is 11.8 Å². The van der Waals surface area contributed by atoms with Crippen LogP contribution < -0.4 is 24.3 Å². The van der Waals surface area contributed by atoms with Crippen molar-refractivity contribution in [2.75, 3.05) is 33.5 Å². The summed E-state index contributed by atoms with van der Waals surface area (Å²) in [5.41, 5.74) is 4.28. The van der Waals surface area contributed by atoms with Crippen LogP contribution in [0.3, 0.4) is 0 Å². The maximum absolute atomic E-state index is 13.4. The molecule has 0 bridgehead atoms. The van der Waals surface area contributed by atoms with Gasteiger partial charge in [0.25, 0.3) is 5.91 Å². The monoisotopic (exact) mass is 986 g/mol. The minimum Gasteiger partial charge on any atom is -0.507 e. The van der Waals surface area contributed by atoms with E-state index in [0.717, 1.165) is 100 Å². The third-order valence-corrected chi connectivity index (χ3v) is 13.3. The number of aromatic hydroxyl groups is 1. The number of ether oxygens (including phenoxy) is 4. The highest BCUT2D eigenvalue weighted by Gasteiger charge is 2.21. The molecule has 6 rings (SSSR count). The van der Waals surface area contributed by atoms with Gasteiger partial charge in [0.05, 0.1) is 38.1 Å². The first-order chi connectivity index (χ1) is 35.8. The molecule has 2 unspecified atom stereocenters. The zero-order chi connectivity index (χ0) is 51.6. The largest absolute Gasteiger partial charge is 0.507 e. The van der Waals surface area contributed by atoms with Crippen LogP contribution in [-0.2, 0) is 4.79 Å². The van der Waals surface area contributed by atoms with Crippen LogP contribution in [0.5, 0.6) is 28.7 Å². The zero-order valence-electron chi connectivity index (χ0n) is 43.7. The fourth-order valence-electron chi connectivity index (χ4n) is 8.69. The summed E-state index contributed by atoms with van der Waals surface area (Å²) in [6, 6.07) is 40.1. The number of phenols is 1. The Balaban J connectivity index is 1.14. The van der Waals surface area contributed by atoms with Gasteiger partial charge in [0, 0.05) is 29.8 Å². The Hall–Kier alpha value is -7.19. The third-order valence-electron chi connectivity index (χ3n) is 13.3. The lowest BCUT2D eigenvalue weighted by Crippen LogP contribution is -2.26. The molecule has 2 N–H and O–H groups in total. The van der Waals surface area contributed by atoms with Crippen molar-refractivity contribution in [3.63, 3.8) is 0 Å². The number of unbranched alkanes of at least 4 members (excludes halogenated alkanes) is 7. The van der Waals surface area contributed by atoms with E-state index in [9.17, 15) is 15.2 Å². The molecule has 0 aliphatic carbocycles. The van der Waals surface area contributed by atoms with Crippen molar-refractivity contribution >= 4 is 11.5 Å². The highest BCUT2D eigenvalue weighted by atomic mass is 16.5. The van der Waals surface area contributed by atoms with Gasteiger partial charge in [-0.1, -0.05) is 153 Å². The highest BCUT2D eigenvalue weighted by molar-refractivity contribution is 6.08. The summed E-state index contributed by atoms with van der Waals surface area (Å²) in [6.07, 6.45) is 14.5. The van der Waals surface area contributed by atoms with Crippen molar-refractivity contribution in [1.29, 1.82) is 5.26 Å². The van der Waals surface area contributed by atoms with E-state index in [0.29, 0.717) is 95.4 Å². The Kier molecular flexibility index (Phi) is 22.6. The van der Waals surface area contributed by atoms with Crippen LogP contribution in [-0.4, -0.2) is 59.4 Å². The van der Waals surface area contributed by atoms with E-state index < -0.39 is 0 Å². The van der Waals surface area contributed by atoms with Crippen LogP contribution in [0.1, 0.15) is 129 Å². The van der Waals surface area contributed by atoms with Crippen LogP contribution >= 0.6 is 0 Å². The molecule has 73 heavy (non-hydrogen) atoms. The quantitative estimate of drug-likeness (QED) is 0.0245. The number of benzene rings is 5. The second-order valence-electron chi connectivity index (χ2n) is 18.6. The van der Waals surface area contributed by atoms with Gasteiger partial charge in [-0.05, 0) is 97.2 Å². The van der Waals surface area contributed by atoms with Gasteiger partial charge in [-0.25, -0.2) is 15.0 Å². The molecule has 11 nitrogen and oxygen atoms in total. The molecule has 1 heterocycles. The molecular formula is C62H75N5O6. The fourth-order valence-corrected chi connectivity index (χ4v) is 8.69. The lowest BCUT2D eigenvalue weighted by atomic mass is 9.93. The van der Waals surface area contributed by atoms with Crippen molar-refractivity contribution in [3.05, 3.63) is 138 Å². The Labute approximate surface area is 434 Å². The number of nitrogens with one attached hydrogen (secondary N) is 1. The normalized spacial score (nSPS) is 11.8. The second kappa shape index (κ2) is 30.0. The lowest BCUT2D eigenvalue weighted by Gasteiger charge is -2.18. The average Bonchev–Trinajstić information content (AvgIpc) is 3.43. The number of carbonyl (C=O) groups is 1. The number of hydrogen-bond acceptors (Lipinski definition) is 10. The van der Waals surface area contributed by atoms with Crippen LogP contribution in [0.15, 0.2) is 127 Å². The number of nitrogens with zero attached hydrogens (tertiary/aromatic N) is 4. The van der Waals surface area contributed by atoms with Gasteiger partial charge in [0.2, 0.25) is 0 Å². The van der Waals surface area contributed by atoms with Gasteiger partial charge >= 0.3 is 0 Å². The number of carbonyl (C=O) groups excluding carboxylic acids is 1. The van der Waals surface area contributed by atoms with Crippen molar-refractivity contribution in [2.45, 2.75) is 118 Å². The molecule has 5 aromatic carbocycles. The van der Waals surface area contributed by atoms with Crippen molar-refractivity contribution in [1.82, 2.24) is 20.3 Å². The average molecular weight is 986 g/mol. The summed E-state index contributed by atoms with van der Waals surface area (Å²) in [4.78, 5) is 28.3. The maximum Gasteiger partial charge on any atom is 0.262 e. The first-order valence-electron chi connectivity index (χ1n) is 26.6. The van der Waals surface area contributed by atoms with Gasteiger partial charge in [-0.3, -0.25) is 4.79 Å². The summed E-state index contributed by atoms with van der Waals surface area (Å²) in [6.45, 7) is 11.0. The molecule has 1 amide bonds. The van der Waals surface area contributed by atoms with Gasteiger partial charge in [-0.2, -0.15) is 5.26 Å². The standard InChI is InChI=1S/C62H75N5O6/c1-6-10-24-45(8-3)43-72-51-34-36-53(56(68)40-51)60-65-59(49-30-32-50(70-5)33-31-49)66-61(67-60)54-37-35-52(73-44-46(9-4)25-11-7-2)41-57(54)71-39-23-15-13-12-14-22-38-64-62(69)55(42-63)58(47-26-18-16-19-27-47)48-28-20-17-21-29-48/h16-21,26-37,40-41,45-46,68H,6-15,22-25,38-39,43-44H2,1-5H3,(H,64,69). The molecule has 2 atom stereocenters. The van der Waals surface area contributed by atoms with Crippen LogP contribution in [0.2, 0.25) is 0 Å². The summed E-state index contributed by atoms with van der Waals surface area (Å²) >= 11 is 0. The first kappa shape index (κ1) is 55.1. The van der Waals surface area contributed by atoms with Gasteiger partial charge in [0.1, 0.15) is 40.4 Å². The van der Waals surface area contributed by atoms with E-state index in [-0.39, 0.29) is 17.2 Å². The lowest BCUT2D eigenvalue weighted by molar-refractivity contribution is -0.117. The van der Waals surface area contributed by atoms with E-state index in [2.05, 4.69) is 39.1 Å². The summed E-state index contributed by atoms with van der Waals surface area (Å²) < 4.78 is 24.7. The minimum atomic E-state index is -0.362. The predicted octanol–water partition coefficient (Wildman–Crippen LogP) is 14.6. The number of amides is 1. The van der Waals surface area contributed by atoms with Crippen LogP contribution in [0.4, 0.5) is 0 Å². The first-order valence-corrected chi connectivity index (χ1v) is 26.6. The SMILES string of the molecule is CCCCC(CC)COc1ccc(-c2nc(-c3ccc(OC)cc3)nc(-c3ccc(OCC(CC)CCCC)cc3OCCCCCCCCNC(=O)C(C#N)=C(c3ccccc3)c3ccccc3)n2)c(O)c1. The number of rotatable bonds is 31. The molecule has 11 heteroatoms. The summed E-state index contributed by atoms with van der Waals surface area (Å²) in [5, 5.41) is 24.6. The molecule has 6 aromatic rings. The van der Waals surface area contributed by atoms with E-state index in [1.165, 1.54) is 6.42 Å². The molecular weight excluding hydrogens is 911 g/mol. The topological polar surface area (TPSA) is 149 Å². The minimum absolute atomic E-state index is 0.0111. The molecule has 0 aliphatic rings. The number of methoxy groups -OCH3 is 1. The fraction of sp³-hybridized carbons (Fsp3) is 0.403. The second-order valence-corrected chi connectivity index (χ2v) is 18.6. The molecule has 0 radical (unpaired) electrons. The van der Waals surface area contributed by atoms with E-state index in [1.807, 2.05) is 109 Å². The zero-order valence-corrected chi connectivity index (χ0v) is 43.7.